The van der Waals surface area contributed by atoms with Crippen LogP contribution in [0.4, 0.5) is 13.2 Å². The molecule has 108 valence electrons. The molecule has 2 N–H and O–H groups in total. The summed E-state index contributed by atoms with van der Waals surface area (Å²) in [4.78, 5) is 34.1. The lowest BCUT2D eigenvalue weighted by atomic mass is 10.2. The number of hydrogen-bond acceptors (Lipinski definition) is 4. The molecule has 2 amide bonds. The highest BCUT2D eigenvalue weighted by molar-refractivity contribution is 5.91. The lowest BCUT2D eigenvalue weighted by Crippen LogP contribution is -2.60. The summed E-state index contributed by atoms with van der Waals surface area (Å²) in [5.41, 5.74) is 0. The molecule has 1 unspecified atom stereocenters. The van der Waals surface area contributed by atoms with Gasteiger partial charge in [0.15, 0.2) is 0 Å². The molecule has 1 rings (SSSR count). The van der Waals surface area contributed by atoms with E-state index in [2.05, 4.69) is 10.1 Å². The number of nitrogens with one attached hydrogen (secondary N) is 1. The number of carboxylic acids is 1. The zero-order valence-corrected chi connectivity index (χ0v) is 9.57. The number of aliphatic carboxylic acids is 1. The Bertz CT molecular complexity index is 385. The predicted octanol–water partition coefficient (Wildman–Crippen LogP) is -1.02. The van der Waals surface area contributed by atoms with Crippen molar-refractivity contribution in [1.29, 1.82) is 0 Å². The highest BCUT2D eigenvalue weighted by atomic mass is 19.4. The number of rotatable bonds is 4. The first kappa shape index (κ1) is 15.2. The summed E-state index contributed by atoms with van der Waals surface area (Å²) >= 11 is 0. The Morgan fingerprint density at radius 3 is 2.63 bits per heavy atom. The first-order valence-corrected chi connectivity index (χ1v) is 5.14. The molecule has 1 aliphatic rings. The topological polar surface area (TPSA) is 95.9 Å². The van der Waals surface area contributed by atoms with Crippen molar-refractivity contribution in [3.05, 3.63) is 0 Å². The van der Waals surface area contributed by atoms with Crippen molar-refractivity contribution in [3.8, 4) is 0 Å². The van der Waals surface area contributed by atoms with Crippen LogP contribution in [0.1, 0.15) is 0 Å². The van der Waals surface area contributed by atoms with Gasteiger partial charge in [-0.3, -0.25) is 9.59 Å². The van der Waals surface area contributed by atoms with Gasteiger partial charge < -0.3 is 20.1 Å². The number of carboxylic acid groups (broad SMARTS) is 1. The molecule has 10 heteroatoms. The third-order valence-electron chi connectivity index (χ3n) is 2.28. The predicted molar refractivity (Wildman–Crippen MR) is 53.0 cm³/mol. The van der Waals surface area contributed by atoms with Crippen molar-refractivity contribution >= 4 is 17.8 Å². The zero-order chi connectivity index (χ0) is 14.6. The van der Waals surface area contributed by atoms with Crippen LogP contribution >= 0.6 is 0 Å². The summed E-state index contributed by atoms with van der Waals surface area (Å²) in [6, 6.07) is -1.31. The van der Waals surface area contributed by atoms with Crippen molar-refractivity contribution in [1.82, 2.24) is 10.2 Å². The first-order valence-electron chi connectivity index (χ1n) is 5.14. The Kier molecular flexibility index (Phi) is 4.70. The van der Waals surface area contributed by atoms with Gasteiger partial charge in [0, 0.05) is 6.54 Å². The van der Waals surface area contributed by atoms with E-state index in [-0.39, 0.29) is 6.54 Å². The van der Waals surface area contributed by atoms with Gasteiger partial charge >= 0.3 is 12.1 Å². The van der Waals surface area contributed by atoms with Crippen LogP contribution in [0.15, 0.2) is 0 Å². The summed E-state index contributed by atoms with van der Waals surface area (Å²) in [6.45, 7) is -3.36. The van der Waals surface area contributed by atoms with E-state index in [1.165, 1.54) is 0 Å². The van der Waals surface area contributed by atoms with E-state index in [1.807, 2.05) is 0 Å². The standard InChI is InChI=1S/C9H11F3N2O5/c10-9(11,12)4-19-3-7(16)14-2-6(15)13-1-5(14)8(17)18/h5H,1-4H2,(H,13,15)(H,17,18). The van der Waals surface area contributed by atoms with E-state index in [0.29, 0.717) is 4.90 Å². The van der Waals surface area contributed by atoms with Gasteiger partial charge in [0.05, 0.1) is 0 Å². The van der Waals surface area contributed by atoms with Crippen molar-refractivity contribution in [2.75, 3.05) is 26.3 Å². The molecule has 0 aromatic rings. The molecule has 1 atom stereocenters. The number of ether oxygens (including phenoxy) is 1. The lowest BCUT2D eigenvalue weighted by Gasteiger charge is -2.32. The lowest BCUT2D eigenvalue weighted by molar-refractivity contribution is -0.180. The number of amides is 2. The first-order chi connectivity index (χ1) is 8.70. The van der Waals surface area contributed by atoms with Gasteiger partial charge in [0.2, 0.25) is 11.8 Å². The molecule has 0 aliphatic carbocycles. The average Bonchev–Trinajstić information content (AvgIpc) is 2.26. The van der Waals surface area contributed by atoms with E-state index >= 15 is 0 Å². The van der Waals surface area contributed by atoms with Gasteiger partial charge in [-0.1, -0.05) is 0 Å². The molecule has 1 heterocycles. The summed E-state index contributed by atoms with van der Waals surface area (Å²) in [5.74, 6) is -2.92. The molecule has 0 radical (unpaired) electrons. The third kappa shape index (κ3) is 4.73. The Labute approximate surface area is 105 Å². The molecule has 0 aromatic heterocycles. The minimum absolute atomic E-state index is 0.292. The fourth-order valence-electron chi connectivity index (χ4n) is 1.46. The van der Waals surface area contributed by atoms with Gasteiger partial charge in [-0.2, -0.15) is 13.2 Å². The fourth-order valence-corrected chi connectivity index (χ4v) is 1.46. The van der Waals surface area contributed by atoms with Crippen LogP contribution in [-0.4, -0.2) is 66.3 Å². The highest BCUT2D eigenvalue weighted by Gasteiger charge is 2.35. The molecule has 1 aliphatic heterocycles. The quantitative estimate of drug-likeness (QED) is 0.688. The van der Waals surface area contributed by atoms with Gasteiger partial charge in [0.1, 0.15) is 25.8 Å². The maximum Gasteiger partial charge on any atom is 0.411 e. The molecular formula is C9H11F3N2O5. The SMILES string of the molecule is O=C1CN(C(=O)COCC(F)(F)F)C(C(=O)O)CN1. The molecule has 7 nitrogen and oxygen atoms in total. The largest absolute Gasteiger partial charge is 0.480 e. The summed E-state index contributed by atoms with van der Waals surface area (Å²) < 4.78 is 39.6. The second-order valence-corrected chi connectivity index (χ2v) is 3.79. The molecule has 0 spiro atoms. The number of alkyl halides is 3. The van der Waals surface area contributed by atoms with Crippen molar-refractivity contribution in [2.24, 2.45) is 0 Å². The fraction of sp³-hybridized carbons (Fsp3) is 0.667. The number of halogens is 3. The normalized spacial score (nSPS) is 20.1. The highest BCUT2D eigenvalue weighted by Crippen LogP contribution is 2.14. The zero-order valence-electron chi connectivity index (χ0n) is 9.57. The van der Waals surface area contributed by atoms with Crippen molar-refractivity contribution in [2.45, 2.75) is 12.2 Å². The van der Waals surface area contributed by atoms with Crippen LogP contribution in [-0.2, 0) is 19.1 Å². The molecule has 0 bridgehead atoms. The van der Waals surface area contributed by atoms with Gasteiger partial charge in [-0.05, 0) is 0 Å². The van der Waals surface area contributed by atoms with Crippen molar-refractivity contribution in [3.63, 3.8) is 0 Å². The van der Waals surface area contributed by atoms with Gasteiger partial charge in [-0.15, -0.1) is 0 Å². The molecular weight excluding hydrogens is 273 g/mol. The molecule has 0 saturated carbocycles. The second-order valence-electron chi connectivity index (χ2n) is 3.79. The summed E-state index contributed by atoms with van der Waals surface area (Å²) in [7, 11) is 0. The smallest absolute Gasteiger partial charge is 0.411 e. The number of carbonyl (C=O) groups excluding carboxylic acids is 2. The van der Waals surface area contributed by atoms with E-state index < -0.39 is 49.8 Å². The molecule has 1 fully saturated rings. The Morgan fingerprint density at radius 2 is 2.11 bits per heavy atom. The summed E-state index contributed by atoms with van der Waals surface area (Å²) in [5, 5.41) is 11.1. The van der Waals surface area contributed by atoms with E-state index in [0.717, 1.165) is 0 Å². The average molecular weight is 284 g/mol. The van der Waals surface area contributed by atoms with Crippen LogP contribution < -0.4 is 5.32 Å². The van der Waals surface area contributed by atoms with E-state index in [4.69, 9.17) is 5.11 Å². The maximum atomic E-state index is 11.8. The minimum atomic E-state index is -4.58. The molecule has 19 heavy (non-hydrogen) atoms. The van der Waals surface area contributed by atoms with Crippen LogP contribution in [0, 0.1) is 0 Å². The Balaban J connectivity index is 2.56. The van der Waals surface area contributed by atoms with Crippen molar-refractivity contribution < 1.29 is 37.4 Å². The maximum absolute atomic E-state index is 11.8. The van der Waals surface area contributed by atoms with Gasteiger partial charge in [0.25, 0.3) is 0 Å². The number of nitrogens with zero attached hydrogens (tertiary/aromatic N) is 1. The Hall–Kier alpha value is -1.84. The van der Waals surface area contributed by atoms with Crippen LogP contribution in [0.5, 0.6) is 0 Å². The Morgan fingerprint density at radius 1 is 1.47 bits per heavy atom. The third-order valence-corrected chi connectivity index (χ3v) is 2.28. The summed E-state index contributed by atoms with van der Waals surface area (Å²) in [6.07, 6.45) is -4.58. The van der Waals surface area contributed by atoms with E-state index in [1.54, 1.807) is 0 Å². The number of hydrogen-bond donors (Lipinski definition) is 2. The number of piperazine rings is 1. The second kappa shape index (κ2) is 5.87. The number of carbonyl (C=O) groups is 3. The minimum Gasteiger partial charge on any atom is -0.480 e. The molecule has 0 aromatic carbocycles. The molecule has 1 saturated heterocycles. The van der Waals surface area contributed by atoms with Crippen LogP contribution in [0.3, 0.4) is 0 Å². The van der Waals surface area contributed by atoms with Crippen LogP contribution in [0.2, 0.25) is 0 Å². The van der Waals surface area contributed by atoms with E-state index in [9.17, 15) is 27.6 Å². The van der Waals surface area contributed by atoms with Gasteiger partial charge in [-0.25, -0.2) is 4.79 Å². The van der Waals surface area contributed by atoms with Crippen LogP contribution in [0.25, 0.3) is 0 Å². The monoisotopic (exact) mass is 284 g/mol.